The summed E-state index contributed by atoms with van der Waals surface area (Å²) in [5.41, 5.74) is 0. The molecule has 0 saturated heterocycles. The van der Waals surface area contributed by atoms with E-state index >= 15 is 0 Å². The fourth-order valence-electron chi connectivity index (χ4n) is 2.11. The topological polar surface area (TPSA) is 0 Å². The monoisotopic (exact) mass is 252 g/mol. The number of thioether (sulfide) groups is 1. The lowest BCUT2D eigenvalue weighted by molar-refractivity contribution is -0.0839. The van der Waals surface area contributed by atoms with Crippen molar-refractivity contribution in [1.29, 1.82) is 0 Å². The van der Waals surface area contributed by atoms with Crippen LogP contribution in [0.1, 0.15) is 45.4 Å². The minimum absolute atomic E-state index is 0.402. The molecule has 0 aromatic carbocycles. The summed E-state index contributed by atoms with van der Waals surface area (Å²) in [5.74, 6) is 0.958. The largest absolute Gasteiger partial charge is 0.421 e. The second-order valence-electron chi connectivity index (χ2n) is 4.24. The molecule has 1 aliphatic carbocycles. The van der Waals surface area contributed by atoms with Crippen molar-refractivity contribution in [2.75, 3.05) is 5.75 Å². The lowest BCUT2D eigenvalue weighted by Gasteiger charge is -2.20. The third-order valence-corrected chi connectivity index (χ3v) is 3.94. The zero-order valence-corrected chi connectivity index (χ0v) is 10.5. The van der Waals surface area contributed by atoms with Crippen molar-refractivity contribution in [2.24, 2.45) is 5.92 Å². The molecule has 94 valence electrons. The summed E-state index contributed by atoms with van der Waals surface area (Å²) in [4.78, 5) is -0.402. The van der Waals surface area contributed by atoms with Gasteiger partial charge in [-0.3, -0.25) is 0 Å². The van der Waals surface area contributed by atoms with Crippen LogP contribution in [0.2, 0.25) is 0 Å². The second kappa shape index (κ2) is 6.58. The highest BCUT2D eigenvalue weighted by Gasteiger charge is 2.33. The quantitative estimate of drug-likeness (QED) is 0.666. The Balaban J connectivity index is 2.49. The molecule has 1 saturated carbocycles. The van der Waals surface area contributed by atoms with Gasteiger partial charge in [-0.2, -0.15) is 13.2 Å². The Hall–Kier alpha value is -0.120. The van der Waals surface area contributed by atoms with Crippen molar-refractivity contribution in [3.05, 3.63) is 11.0 Å². The van der Waals surface area contributed by atoms with Gasteiger partial charge in [-0.1, -0.05) is 45.1 Å². The van der Waals surface area contributed by atoms with E-state index in [1.165, 1.54) is 25.3 Å². The van der Waals surface area contributed by atoms with Crippen molar-refractivity contribution < 1.29 is 13.2 Å². The van der Waals surface area contributed by atoms with E-state index in [-0.39, 0.29) is 0 Å². The predicted molar refractivity (Wildman–Crippen MR) is 63.5 cm³/mol. The van der Waals surface area contributed by atoms with Crippen LogP contribution in [0.4, 0.5) is 13.2 Å². The number of alkyl halides is 3. The number of hydrogen-bond acceptors (Lipinski definition) is 1. The van der Waals surface area contributed by atoms with E-state index < -0.39 is 11.1 Å². The summed E-state index contributed by atoms with van der Waals surface area (Å²) >= 11 is 0.908. The molecule has 0 radical (unpaired) electrons. The predicted octanol–water partition coefficient (Wildman–Crippen LogP) is 5.16. The Bertz CT molecular complexity index is 227. The molecule has 16 heavy (non-hydrogen) atoms. The molecule has 1 rings (SSSR count). The molecule has 0 aromatic rings. The van der Waals surface area contributed by atoms with Crippen molar-refractivity contribution in [3.63, 3.8) is 0 Å². The zero-order chi connectivity index (χ0) is 12.0. The lowest BCUT2D eigenvalue weighted by atomic mass is 9.87. The van der Waals surface area contributed by atoms with Crippen LogP contribution in [-0.4, -0.2) is 11.9 Å². The minimum atomic E-state index is -4.16. The van der Waals surface area contributed by atoms with Crippen LogP contribution in [0, 0.1) is 5.92 Å². The Labute approximate surface area is 99.7 Å². The highest BCUT2D eigenvalue weighted by molar-refractivity contribution is 8.03. The van der Waals surface area contributed by atoms with Crippen LogP contribution in [-0.2, 0) is 0 Å². The molecule has 0 atom stereocenters. The second-order valence-corrected chi connectivity index (χ2v) is 5.54. The first kappa shape index (κ1) is 13.9. The summed E-state index contributed by atoms with van der Waals surface area (Å²) in [6.07, 6.45) is 3.65. The van der Waals surface area contributed by atoms with Crippen LogP contribution in [0.5, 0.6) is 0 Å². The fraction of sp³-hybridized carbons (Fsp3) is 0.833. The number of hydrogen-bond donors (Lipinski definition) is 0. The van der Waals surface area contributed by atoms with Gasteiger partial charge in [0.25, 0.3) is 0 Å². The zero-order valence-electron chi connectivity index (χ0n) is 9.65. The molecule has 0 spiro atoms. The maximum Gasteiger partial charge on any atom is 0.421 e. The molecule has 0 amide bonds. The van der Waals surface area contributed by atoms with E-state index in [1.54, 1.807) is 6.92 Å². The summed E-state index contributed by atoms with van der Waals surface area (Å²) < 4.78 is 37.7. The van der Waals surface area contributed by atoms with Gasteiger partial charge in [0.05, 0.1) is 4.91 Å². The SMILES string of the molecule is CCS/C(=C/CC1CCCCC1)C(F)(F)F. The molecule has 0 nitrogen and oxygen atoms in total. The molecule has 1 aliphatic rings. The van der Waals surface area contributed by atoms with Crippen molar-refractivity contribution >= 4 is 11.8 Å². The van der Waals surface area contributed by atoms with Crippen molar-refractivity contribution in [3.8, 4) is 0 Å². The number of halogens is 3. The molecule has 0 aliphatic heterocycles. The first-order valence-electron chi connectivity index (χ1n) is 5.94. The molecule has 4 heteroatoms. The van der Waals surface area contributed by atoms with Crippen LogP contribution < -0.4 is 0 Å². The fourth-order valence-corrected chi connectivity index (χ4v) is 2.80. The van der Waals surface area contributed by atoms with E-state index in [1.807, 2.05) is 0 Å². The Morgan fingerprint density at radius 3 is 2.38 bits per heavy atom. The van der Waals surface area contributed by atoms with Gasteiger partial charge >= 0.3 is 6.18 Å². The van der Waals surface area contributed by atoms with E-state index in [0.29, 0.717) is 18.1 Å². The first-order chi connectivity index (χ1) is 7.54. The minimum Gasteiger partial charge on any atom is -0.166 e. The molecule has 0 bridgehead atoms. The molecule has 0 aromatic heterocycles. The average Bonchev–Trinajstić information content (AvgIpc) is 2.24. The third kappa shape index (κ3) is 4.81. The van der Waals surface area contributed by atoms with Crippen molar-refractivity contribution in [2.45, 2.75) is 51.6 Å². The molecular weight excluding hydrogens is 233 g/mol. The molecule has 0 unspecified atom stereocenters. The van der Waals surface area contributed by atoms with E-state index in [2.05, 4.69) is 0 Å². The summed E-state index contributed by atoms with van der Waals surface area (Å²) in [5, 5.41) is 0. The van der Waals surface area contributed by atoms with Gasteiger partial charge in [0, 0.05) is 0 Å². The van der Waals surface area contributed by atoms with E-state index in [0.717, 1.165) is 24.6 Å². The highest BCUT2D eigenvalue weighted by atomic mass is 32.2. The smallest absolute Gasteiger partial charge is 0.166 e. The lowest BCUT2D eigenvalue weighted by Crippen LogP contribution is -2.11. The van der Waals surface area contributed by atoms with Crippen LogP contribution in [0.15, 0.2) is 11.0 Å². The van der Waals surface area contributed by atoms with E-state index in [4.69, 9.17) is 0 Å². The van der Waals surface area contributed by atoms with Gasteiger partial charge in [0.2, 0.25) is 0 Å². The van der Waals surface area contributed by atoms with Gasteiger partial charge in [0.15, 0.2) is 0 Å². The van der Waals surface area contributed by atoms with Gasteiger partial charge in [-0.05, 0) is 18.1 Å². The molecular formula is C12H19F3S. The van der Waals surface area contributed by atoms with Gasteiger partial charge in [-0.25, -0.2) is 0 Å². The normalized spacial score (nSPS) is 20.1. The molecule has 0 heterocycles. The maximum atomic E-state index is 12.6. The van der Waals surface area contributed by atoms with Gasteiger partial charge < -0.3 is 0 Å². The standard InChI is InChI=1S/C12H19F3S/c1-2-16-11(12(13,14)15)9-8-10-6-4-3-5-7-10/h9-10H,2-8H2,1H3/b11-9+. The summed E-state index contributed by atoms with van der Waals surface area (Å²) in [7, 11) is 0. The van der Waals surface area contributed by atoms with Gasteiger partial charge in [0.1, 0.15) is 0 Å². The van der Waals surface area contributed by atoms with Gasteiger partial charge in [-0.15, -0.1) is 11.8 Å². The van der Waals surface area contributed by atoms with Crippen LogP contribution in [0.25, 0.3) is 0 Å². The summed E-state index contributed by atoms with van der Waals surface area (Å²) in [6.45, 7) is 1.75. The Morgan fingerprint density at radius 2 is 1.88 bits per heavy atom. The van der Waals surface area contributed by atoms with Crippen LogP contribution >= 0.6 is 11.8 Å². The summed E-state index contributed by atoms with van der Waals surface area (Å²) in [6, 6.07) is 0. The number of allylic oxidation sites excluding steroid dienone is 2. The maximum absolute atomic E-state index is 12.6. The molecule has 0 N–H and O–H groups in total. The Morgan fingerprint density at radius 1 is 1.25 bits per heavy atom. The number of rotatable bonds is 4. The first-order valence-corrected chi connectivity index (χ1v) is 6.92. The average molecular weight is 252 g/mol. The van der Waals surface area contributed by atoms with E-state index in [9.17, 15) is 13.2 Å². The van der Waals surface area contributed by atoms with Crippen molar-refractivity contribution in [1.82, 2.24) is 0 Å². The Kier molecular flexibility index (Phi) is 5.73. The third-order valence-electron chi connectivity index (χ3n) is 2.94. The highest BCUT2D eigenvalue weighted by Crippen LogP contribution is 2.36. The van der Waals surface area contributed by atoms with Crippen LogP contribution in [0.3, 0.4) is 0 Å². The molecule has 1 fully saturated rings.